The smallest absolute Gasteiger partial charge is 0.267 e. The lowest BCUT2D eigenvalue weighted by molar-refractivity contribution is -0.119. The zero-order valence-corrected chi connectivity index (χ0v) is 7.02. The SMILES string of the molecule is CCC(=O)/C=C1/NCCNC1=O. The molecule has 0 spiro atoms. The van der Waals surface area contributed by atoms with Gasteiger partial charge in [-0.1, -0.05) is 6.92 Å². The van der Waals surface area contributed by atoms with Gasteiger partial charge in [0.25, 0.3) is 5.91 Å². The molecule has 0 unspecified atom stereocenters. The van der Waals surface area contributed by atoms with Crippen molar-refractivity contribution in [3.05, 3.63) is 11.8 Å². The van der Waals surface area contributed by atoms with Crippen molar-refractivity contribution in [2.45, 2.75) is 13.3 Å². The number of ketones is 1. The van der Waals surface area contributed by atoms with Gasteiger partial charge in [0, 0.05) is 25.6 Å². The van der Waals surface area contributed by atoms with Crippen LogP contribution in [0.4, 0.5) is 0 Å². The average molecular weight is 168 g/mol. The molecule has 0 atom stereocenters. The molecule has 0 radical (unpaired) electrons. The topological polar surface area (TPSA) is 58.2 Å². The molecule has 2 N–H and O–H groups in total. The molecular formula is C8H12N2O2. The van der Waals surface area contributed by atoms with Crippen LogP contribution in [0.1, 0.15) is 13.3 Å². The van der Waals surface area contributed by atoms with E-state index in [1.54, 1.807) is 6.92 Å². The molecule has 1 aliphatic rings. The van der Waals surface area contributed by atoms with E-state index in [1.807, 2.05) is 0 Å². The van der Waals surface area contributed by atoms with Crippen molar-refractivity contribution in [3.8, 4) is 0 Å². The second-order valence-electron chi connectivity index (χ2n) is 2.56. The predicted octanol–water partition coefficient (Wildman–Crippen LogP) is -0.431. The Kier molecular flexibility index (Phi) is 2.85. The first-order chi connectivity index (χ1) is 5.74. The summed E-state index contributed by atoms with van der Waals surface area (Å²) in [7, 11) is 0. The van der Waals surface area contributed by atoms with E-state index in [2.05, 4.69) is 10.6 Å². The summed E-state index contributed by atoms with van der Waals surface area (Å²) in [5, 5.41) is 5.50. The first-order valence-corrected chi connectivity index (χ1v) is 4.00. The molecule has 1 heterocycles. The summed E-state index contributed by atoms with van der Waals surface area (Å²) < 4.78 is 0. The summed E-state index contributed by atoms with van der Waals surface area (Å²) in [6.45, 7) is 3.07. The van der Waals surface area contributed by atoms with Crippen molar-refractivity contribution in [1.82, 2.24) is 10.6 Å². The minimum atomic E-state index is -0.192. The van der Waals surface area contributed by atoms with E-state index >= 15 is 0 Å². The number of piperazine rings is 1. The van der Waals surface area contributed by atoms with E-state index in [0.29, 0.717) is 25.2 Å². The van der Waals surface area contributed by atoms with Gasteiger partial charge < -0.3 is 10.6 Å². The molecule has 1 aliphatic heterocycles. The second kappa shape index (κ2) is 3.90. The van der Waals surface area contributed by atoms with Crippen LogP contribution < -0.4 is 10.6 Å². The average Bonchev–Trinajstić information content (AvgIpc) is 2.09. The van der Waals surface area contributed by atoms with Crippen molar-refractivity contribution < 1.29 is 9.59 Å². The fourth-order valence-electron chi connectivity index (χ4n) is 0.928. The van der Waals surface area contributed by atoms with Crippen LogP contribution in [0.25, 0.3) is 0 Å². The summed E-state index contributed by atoms with van der Waals surface area (Å²) in [6, 6.07) is 0. The molecule has 0 bridgehead atoms. The van der Waals surface area contributed by atoms with Crippen LogP contribution in [0.5, 0.6) is 0 Å². The van der Waals surface area contributed by atoms with E-state index in [0.717, 1.165) is 0 Å². The Morgan fingerprint density at radius 3 is 2.75 bits per heavy atom. The van der Waals surface area contributed by atoms with Gasteiger partial charge in [0.05, 0.1) is 0 Å². The highest BCUT2D eigenvalue weighted by molar-refractivity contribution is 6.01. The zero-order chi connectivity index (χ0) is 8.97. The third-order valence-corrected chi connectivity index (χ3v) is 1.62. The lowest BCUT2D eigenvalue weighted by Gasteiger charge is -2.16. The molecule has 1 amide bonds. The number of allylic oxidation sites excluding steroid dienone is 1. The van der Waals surface area contributed by atoms with Gasteiger partial charge in [0.15, 0.2) is 5.78 Å². The highest BCUT2D eigenvalue weighted by atomic mass is 16.2. The van der Waals surface area contributed by atoms with Crippen LogP contribution in [-0.4, -0.2) is 24.8 Å². The monoisotopic (exact) mass is 168 g/mol. The fourth-order valence-corrected chi connectivity index (χ4v) is 0.928. The standard InChI is InChI=1S/C8H12N2O2/c1-2-6(11)5-7-8(12)10-4-3-9-7/h5,9H,2-4H2,1H3,(H,10,12)/b7-5+. The minimum absolute atomic E-state index is 0.0328. The van der Waals surface area contributed by atoms with Gasteiger partial charge in [-0.3, -0.25) is 9.59 Å². The molecule has 0 aliphatic carbocycles. The van der Waals surface area contributed by atoms with Gasteiger partial charge >= 0.3 is 0 Å². The third-order valence-electron chi connectivity index (χ3n) is 1.62. The van der Waals surface area contributed by atoms with Gasteiger partial charge in [-0.15, -0.1) is 0 Å². The van der Waals surface area contributed by atoms with Crippen LogP contribution in [-0.2, 0) is 9.59 Å². The summed E-state index contributed by atoms with van der Waals surface area (Å²) in [5.74, 6) is -0.224. The quantitative estimate of drug-likeness (QED) is 0.550. The fraction of sp³-hybridized carbons (Fsp3) is 0.500. The Morgan fingerprint density at radius 2 is 2.17 bits per heavy atom. The van der Waals surface area contributed by atoms with E-state index in [9.17, 15) is 9.59 Å². The zero-order valence-electron chi connectivity index (χ0n) is 7.02. The molecule has 1 saturated heterocycles. The summed E-state index contributed by atoms with van der Waals surface area (Å²) in [5.41, 5.74) is 0.383. The largest absolute Gasteiger partial charge is 0.379 e. The van der Waals surface area contributed by atoms with E-state index in [4.69, 9.17) is 0 Å². The van der Waals surface area contributed by atoms with Crippen LogP contribution in [0.2, 0.25) is 0 Å². The van der Waals surface area contributed by atoms with Crippen LogP contribution in [0.3, 0.4) is 0 Å². The molecule has 1 rings (SSSR count). The number of carbonyl (C=O) groups is 2. The lowest BCUT2D eigenvalue weighted by atomic mass is 10.2. The molecule has 4 nitrogen and oxygen atoms in total. The number of nitrogens with one attached hydrogen (secondary N) is 2. The highest BCUT2D eigenvalue weighted by Crippen LogP contribution is 1.95. The molecule has 12 heavy (non-hydrogen) atoms. The Balaban J connectivity index is 2.65. The normalized spacial score (nSPS) is 20.1. The number of rotatable bonds is 2. The maximum Gasteiger partial charge on any atom is 0.267 e. The lowest BCUT2D eigenvalue weighted by Crippen LogP contribution is -2.43. The first-order valence-electron chi connectivity index (χ1n) is 4.00. The van der Waals surface area contributed by atoms with Gasteiger partial charge in [0.2, 0.25) is 0 Å². The first kappa shape index (κ1) is 8.77. The van der Waals surface area contributed by atoms with Crippen molar-refractivity contribution in [2.75, 3.05) is 13.1 Å². The third kappa shape index (κ3) is 2.08. The molecular weight excluding hydrogens is 156 g/mol. The van der Waals surface area contributed by atoms with E-state index in [-0.39, 0.29) is 11.7 Å². The van der Waals surface area contributed by atoms with Crippen molar-refractivity contribution in [1.29, 1.82) is 0 Å². The summed E-state index contributed by atoms with van der Waals surface area (Å²) in [4.78, 5) is 22.0. The molecule has 0 aromatic rings. The number of amides is 1. The maximum atomic E-state index is 11.1. The van der Waals surface area contributed by atoms with Crippen LogP contribution in [0, 0.1) is 0 Å². The molecule has 0 aromatic heterocycles. The van der Waals surface area contributed by atoms with Gasteiger partial charge in [-0.25, -0.2) is 0 Å². The Hall–Kier alpha value is -1.32. The predicted molar refractivity (Wildman–Crippen MR) is 44.4 cm³/mol. The minimum Gasteiger partial charge on any atom is -0.379 e. The van der Waals surface area contributed by atoms with Gasteiger partial charge in [-0.2, -0.15) is 0 Å². The highest BCUT2D eigenvalue weighted by Gasteiger charge is 2.13. The molecule has 1 fully saturated rings. The van der Waals surface area contributed by atoms with Crippen LogP contribution in [0.15, 0.2) is 11.8 Å². The van der Waals surface area contributed by atoms with Crippen molar-refractivity contribution in [3.63, 3.8) is 0 Å². The molecule has 66 valence electrons. The molecule has 0 aromatic carbocycles. The molecule has 4 heteroatoms. The van der Waals surface area contributed by atoms with Gasteiger partial charge in [-0.05, 0) is 0 Å². The Labute approximate surface area is 71.0 Å². The second-order valence-corrected chi connectivity index (χ2v) is 2.56. The van der Waals surface area contributed by atoms with E-state index in [1.165, 1.54) is 6.08 Å². The molecule has 0 saturated carbocycles. The number of carbonyl (C=O) groups excluding carboxylic acids is 2. The number of hydrogen-bond acceptors (Lipinski definition) is 3. The van der Waals surface area contributed by atoms with E-state index < -0.39 is 0 Å². The van der Waals surface area contributed by atoms with Crippen molar-refractivity contribution >= 4 is 11.7 Å². The summed E-state index contributed by atoms with van der Waals surface area (Å²) >= 11 is 0. The summed E-state index contributed by atoms with van der Waals surface area (Å²) in [6.07, 6.45) is 1.78. The Morgan fingerprint density at radius 1 is 1.50 bits per heavy atom. The van der Waals surface area contributed by atoms with Gasteiger partial charge in [0.1, 0.15) is 5.70 Å². The Bertz CT molecular complexity index is 233. The number of hydrogen-bond donors (Lipinski definition) is 2. The maximum absolute atomic E-state index is 11.1. The van der Waals surface area contributed by atoms with Crippen molar-refractivity contribution in [2.24, 2.45) is 0 Å². The van der Waals surface area contributed by atoms with Crippen LogP contribution >= 0.6 is 0 Å².